The summed E-state index contributed by atoms with van der Waals surface area (Å²) in [7, 11) is 0. The van der Waals surface area contributed by atoms with Gasteiger partial charge in [0.05, 0.1) is 11.1 Å². The van der Waals surface area contributed by atoms with Gasteiger partial charge < -0.3 is 9.84 Å². The molecule has 0 aromatic heterocycles. The first kappa shape index (κ1) is 16.8. The van der Waals surface area contributed by atoms with Gasteiger partial charge >= 0.3 is 5.97 Å². The van der Waals surface area contributed by atoms with Gasteiger partial charge in [0.2, 0.25) is 0 Å². The first-order chi connectivity index (χ1) is 13.1. The Morgan fingerprint density at radius 1 is 0.815 bits per heavy atom. The molecule has 132 valence electrons. The maximum atomic E-state index is 13.2. The van der Waals surface area contributed by atoms with Crippen LogP contribution >= 0.6 is 0 Å². The van der Waals surface area contributed by atoms with Crippen molar-refractivity contribution < 1.29 is 19.0 Å². The van der Waals surface area contributed by atoms with E-state index < -0.39 is 5.97 Å². The molecule has 1 N–H and O–H groups in total. The predicted molar refractivity (Wildman–Crippen MR) is 102 cm³/mol. The Kier molecular flexibility index (Phi) is 4.30. The van der Waals surface area contributed by atoms with Crippen LogP contribution in [0.25, 0.3) is 21.9 Å². The monoisotopic (exact) mass is 358 g/mol. The van der Waals surface area contributed by atoms with E-state index in [1.54, 1.807) is 24.3 Å². The molecule has 0 amide bonds. The molecule has 0 radical (unpaired) electrons. The van der Waals surface area contributed by atoms with Gasteiger partial charge in [0.25, 0.3) is 0 Å². The molecule has 0 aliphatic rings. The summed E-state index contributed by atoms with van der Waals surface area (Å²) in [6.07, 6.45) is 0. The molecule has 27 heavy (non-hydrogen) atoms. The second-order valence-corrected chi connectivity index (χ2v) is 6.07. The fourth-order valence-electron chi connectivity index (χ4n) is 3.07. The Morgan fingerprint density at radius 2 is 1.52 bits per heavy atom. The van der Waals surface area contributed by atoms with E-state index in [-0.39, 0.29) is 17.3 Å². The Hall–Kier alpha value is -3.66. The molecular formula is C23H15FO3. The van der Waals surface area contributed by atoms with E-state index in [0.29, 0.717) is 16.7 Å². The highest BCUT2D eigenvalue weighted by molar-refractivity contribution is 6.05. The molecule has 4 rings (SSSR count). The summed E-state index contributed by atoms with van der Waals surface area (Å²) in [5.41, 5.74) is 1.32. The number of phenols is 1. The van der Waals surface area contributed by atoms with E-state index >= 15 is 0 Å². The highest BCUT2D eigenvalue weighted by Crippen LogP contribution is 2.38. The van der Waals surface area contributed by atoms with Crippen LogP contribution in [0.2, 0.25) is 0 Å². The third kappa shape index (κ3) is 3.25. The number of ether oxygens (including phenoxy) is 1. The van der Waals surface area contributed by atoms with Gasteiger partial charge in [-0.2, -0.15) is 0 Å². The number of fused-ring (bicyclic) bond motifs is 1. The predicted octanol–water partition coefficient (Wildman–Crippen LogP) is 5.57. The number of halogens is 1. The largest absolute Gasteiger partial charge is 0.507 e. The van der Waals surface area contributed by atoms with Crippen molar-refractivity contribution in [2.75, 3.05) is 0 Å². The minimum Gasteiger partial charge on any atom is -0.507 e. The minimum atomic E-state index is -0.527. The van der Waals surface area contributed by atoms with Crippen molar-refractivity contribution in [3.05, 3.63) is 96.3 Å². The molecule has 0 aliphatic heterocycles. The van der Waals surface area contributed by atoms with Gasteiger partial charge in [0.1, 0.15) is 17.3 Å². The SMILES string of the molecule is O=C(Oc1cccc(O)c1-c1ccc(F)cc1)c1cccc2ccccc12. The van der Waals surface area contributed by atoms with Gasteiger partial charge in [-0.05, 0) is 46.7 Å². The number of carbonyl (C=O) groups excluding carboxylic acids is 1. The zero-order valence-corrected chi connectivity index (χ0v) is 14.2. The van der Waals surface area contributed by atoms with Crippen LogP contribution in [0.5, 0.6) is 11.5 Å². The molecule has 0 bridgehead atoms. The second kappa shape index (κ2) is 6.92. The number of aromatic hydroxyl groups is 1. The molecule has 4 aromatic carbocycles. The van der Waals surface area contributed by atoms with Gasteiger partial charge in [0, 0.05) is 0 Å². The molecule has 4 aromatic rings. The van der Waals surface area contributed by atoms with Crippen molar-refractivity contribution in [3.63, 3.8) is 0 Å². The molecule has 0 aliphatic carbocycles. The maximum absolute atomic E-state index is 13.2. The zero-order chi connectivity index (χ0) is 18.8. The molecule has 0 atom stereocenters. The van der Waals surface area contributed by atoms with E-state index in [1.807, 2.05) is 30.3 Å². The molecule has 0 saturated heterocycles. The first-order valence-corrected chi connectivity index (χ1v) is 8.41. The Labute approximate surface area is 155 Å². The van der Waals surface area contributed by atoms with E-state index in [1.165, 1.54) is 30.3 Å². The number of esters is 1. The lowest BCUT2D eigenvalue weighted by atomic mass is 10.0. The molecule has 3 nitrogen and oxygen atoms in total. The fourth-order valence-corrected chi connectivity index (χ4v) is 3.07. The summed E-state index contributed by atoms with van der Waals surface area (Å²) in [4.78, 5) is 12.8. The zero-order valence-electron chi connectivity index (χ0n) is 14.2. The fraction of sp³-hybridized carbons (Fsp3) is 0. The summed E-state index contributed by atoms with van der Waals surface area (Å²) in [5, 5.41) is 12.0. The van der Waals surface area contributed by atoms with Crippen LogP contribution in [0.1, 0.15) is 10.4 Å². The molecule has 0 heterocycles. The highest BCUT2D eigenvalue weighted by Gasteiger charge is 2.17. The van der Waals surface area contributed by atoms with Gasteiger partial charge in [-0.1, -0.05) is 54.6 Å². The lowest BCUT2D eigenvalue weighted by Gasteiger charge is -2.13. The van der Waals surface area contributed by atoms with E-state index in [9.17, 15) is 14.3 Å². The maximum Gasteiger partial charge on any atom is 0.344 e. The topological polar surface area (TPSA) is 46.5 Å². The van der Waals surface area contributed by atoms with Gasteiger partial charge in [-0.25, -0.2) is 9.18 Å². The average molecular weight is 358 g/mol. The van der Waals surface area contributed by atoms with Crippen molar-refractivity contribution in [2.24, 2.45) is 0 Å². The number of hydrogen-bond acceptors (Lipinski definition) is 3. The minimum absolute atomic E-state index is 0.0511. The van der Waals surface area contributed by atoms with Gasteiger partial charge in [-0.3, -0.25) is 0 Å². The van der Waals surface area contributed by atoms with Crippen LogP contribution in [0.3, 0.4) is 0 Å². The van der Waals surface area contributed by atoms with Crippen molar-refractivity contribution in [1.29, 1.82) is 0 Å². The van der Waals surface area contributed by atoms with Crippen LogP contribution in [0.4, 0.5) is 4.39 Å². The van der Waals surface area contributed by atoms with Crippen molar-refractivity contribution in [3.8, 4) is 22.6 Å². The molecular weight excluding hydrogens is 343 g/mol. The summed E-state index contributed by atoms with van der Waals surface area (Å²) >= 11 is 0. The number of benzene rings is 4. The molecule has 0 spiro atoms. The van der Waals surface area contributed by atoms with Crippen molar-refractivity contribution in [1.82, 2.24) is 0 Å². The molecule has 0 unspecified atom stereocenters. The number of rotatable bonds is 3. The van der Waals surface area contributed by atoms with Crippen LogP contribution in [0.15, 0.2) is 84.9 Å². The Balaban J connectivity index is 1.75. The Bertz CT molecular complexity index is 1130. The van der Waals surface area contributed by atoms with Crippen molar-refractivity contribution >= 4 is 16.7 Å². The quantitative estimate of drug-likeness (QED) is 0.385. The number of carbonyl (C=O) groups is 1. The average Bonchev–Trinajstić information content (AvgIpc) is 2.69. The third-order valence-electron chi connectivity index (χ3n) is 4.35. The summed E-state index contributed by atoms with van der Waals surface area (Å²) in [5.74, 6) is -0.756. The van der Waals surface area contributed by atoms with Gasteiger partial charge in [-0.15, -0.1) is 0 Å². The van der Waals surface area contributed by atoms with Crippen LogP contribution in [-0.4, -0.2) is 11.1 Å². The lowest BCUT2D eigenvalue weighted by molar-refractivity contribution is 0.0737. The molecule has 0 fully saturated rings. The summed E-state index contributed by atoms with van der Waals surface area (Å²) in [6, 6.07) is 23.3. The van der Waals surface area contributed by atoms with E-state index in [2.05, 4.69) is 0 Å². The summed E-state index contributed by atoms with van der Waals surface area (Å²) < 4.78 is 18.8. The normalized spacial score (nSPS) is 10.7. The lowest BCUT2D eigenvalue weighted by Crippen LogP contribution is -2.09. The smallest absolute Gasteiger partial charge is 0.344 e. The van der Waals surface area contributed by atoms with Crippen molar-refractivity contribution in [2.45, 2.75) is 0 Å². The van der Waals surface area contributed by atoms with Crippen LogP contribution in [0, 0.1) is 5.82 Å². The van der Waals surface area contributed by atoms with Crippen LogP contribution in [-0.2, 0) is 0 Å². The van der Waals surface area contributed by atoms with E-state index in [4.69, 9.17) is 4.74 Å². The Morgan fingerprint density at radius 3 is 2.33 bits per heavy atom. The second-order valence-electron chi connectivity index (χ2n) is 6.07. The first-order valence-electron chi connectivity index (χ1n) is 8.41. The van der Waals surface area contributed by atoms with Crippen LogP contribution < -0.4 is 4.74 Å². The van der Waals surface area contributed by atoms with E-state index in [0.717, 1.165) is 10.8 Å². The molecule has 4 heteroatoms. The number of phenolic OH excluding ortho intramolecular Hbond substituents is 1. The number of hydrogen-bond donors (Lipinski definition) is 1. The standard InChI is InChI=1S/C23H15FO3/c24-17-13-11-16(12-14-17)22-20(25)9-4-10-21(22)27-23(26)19-8-3-6-15-5-1-2-7-18(15)19/h1-14,25H. The third-order valence-corrected chi connectivity index (χ3v) is 4.35. The van der Waals surface area contributed by atoms with Gasteiger partial charge in [0.15, 0.2) is 0 Å². The summed E-state index contributed by atoms with van der Waals surface area (Å²) in [6.45, 7) is 0. The molecule has 0 saturated carbocycles. The highest BCUT2D eigenvalue weighted by atomic mass is 19.1.